The molecule has 0 bridgehead atoms. The molecule has 362 valence electrons. The number of rotatable bonds is 14. The number of alkyl halides is 1. The van der Waals surface area contributed by atoms with E-state index < -0.39 is 24.5 Å². The number of nitrogens with one attached hydrogen (secondary N) is 1. The van der Waals surface area contributed by atoms with Crippen LogP contribution in [-0.2, 0) is 0 Å². The number of hydrogen-bond donors (Lipinski definition) is 1. The summed E-state index contributed by atoms with van der Waals surface area (Å²) in [6.45, 7) is 10.8. The van der Waals surface area contributed by atoms with Crippen LogP contribution in [0.25, 0.3) is 0 Å². The number of terminal acetylenes is 4. The highest BCUT2D eigenvalue weighted by molar-refractivity contribution is 5.16. The third-order valence-corrected chi connectivity index (χ3v) is 9.69. The van der Waals surface area contributed by atoms with Gasteiger partial charge in [-0.2, -0.15) is 57.9 Å². The number of nitriles is 11. The van der Waals surface area contributed by atoms with Crippen LogP contribution in [0, 0.1) is 174 Å². The maximum Gasteiger partial charge on any atom is 0.213 e. The van der Waals surface area contributed by atoms with Crippen molar-refractivity contribution in [3.63, 3.8) is 0 Å². The number of hydrogen-bond acceptors (Lipinski definition) is 23. The third kappa shape index (κ3) is 24.2. The standard InChI is InChI=1S/C13H10N8.C13H19N5.C10H12FN5.C7H11N5.C3H4/c1-2-11(3-14)19-8-20(12(4-15)5-16)10-21(9-19)13(6-17)7-18;1-2-3-8-16-11-17(9-4-6-14)13-18(12-16)10-5-7-15;1-2-5-15-8-14(6-3-12)9-16(7-4-13)10(15)11;8-1-3-11-5-10-6-12(7-11)4-2-9;1-3-2/h1,11-13H,8-10H2;1H,3-5,8-13H2;1,10H,5-9H2;10H,3-7H2;1H,2H3. The van der Waals surface area contributed by atoms with Gasteiger partial charge in [0.1, 0.15) is 0 Å². The lowest BCUT2D eigenvalue weighted by Gasteiger charge is -2.43. The largest absolute Gasteiger partial charge is 0.291 e. The van der Waals surface area contributed by atoms with Gasteiger partial charge in [-0.25, -0.2) is 24.0 Å². The number of halogens is 1. The van der Waals surface area contributed by atoms with E-state index in [-0.39, 0.29) is 46.3 Å². The predicted octanol–water partition coefficient (Wildman–Crippen LogP) is -0.728. The summed E-state index contributed by atoms with van der Waals surface area (Å²) in [5.74, 6) is 9.55. The molecule has 0 spiro atoms. The van der Waals surface area contributed by atoms with Crippen LogP contribution in [0.1, 0.15) is 26.2 Å². The van der Waals surface area contributed by atoms with Crippen LogP contribution in [0.3, 0.4) is 0 Å². The monoisotopic (exact) mass is 950 g/mol. The Kier molecular flexibility index (Phi) is 34.7. The highest BCUT2D eigenvalue weighted by Gasteiger charge is 2.35. The van der Waals surface area contributed by atoms with Gasteiger partial charge in [-0.1, -0.05) is 11.8 Å². The Hall–Kier alpha value is -7.92. The van der Waals surface area contributed by atoms with Crippen LogP contribution in [0.4, 0.5) is 4.39 Å². The van der Waals surface area contributed by atoms with Crippen molar-refractivity contribution in [2.45, 2.75) is 50.7 Å². The van der Waals surface area contributed by atoms with Gasteiger partial charge in [0, 0.05) is 38.9 Å². The topological polar surface area (TPSA) is 309 Å². The molecule has 1 N–H and O–H groups in total. The second kappa shape index (κ2) is 39.1. The molecule has 0 radical (unpaired) electrons. The maximum atomic E-state index is 13.8. The van der Waals surface area contributed by atoms with Gasteiger partial charge in [-0.3, -0.25) is 39.6 Å². The fraction of sp³-hybridized carbons (Fsp3) is 0.587. The fourth-order valence-electron chi connectivity index (χ4n) is 6.72. The lowest BCUT2D eigenvalue weighted by Crippen LogP contribution is -2.61. The Morgan fingerprint density at radius 2 is 0.800 bits per heavy atom. The summed E-state index contributed by atoms with van der Waals surface area (Å²) in [5.41, 5.74) is 0. The molecule has 0 aromatic rings. The van der Waals surface area contributed by atoms with Crippen LogP contribution < -0.4 is 5.32 Å². The zero-order valence-electron chi connectivity index (χ0n) is 39.4. The summed E-state index contributed by atoms with van der Waals surface area (Å²) in [5, 5.41) is 99.3. The average molecular weight is 950 g/mol. The van der Waals surface area contributed by atoms with Crippen LogP contribution >= 0.6 is 0 Å². The zero-order valence-corrected chi connectivity index (χ0v) is 39.4. The van der Waals surface area contributed by atoms with Crippen molar-refractivity contribution < 1.29 is 4.39 Å². The normalized spacial score (nSPS) is 18.7. The van der Waals surface area contributed by atoms with E-state index in [0.717, 1.165) is 59.4 Å². The first-order valence-corrected chi connectivity index (χ1v) is 21.2. The van der Waals surface area contributed by atoms with E-state index in [1.54, 1.807) is 11.8 Å². The van der Waals surface area contributed by atoms with Gasteiger partial charge in [0.2, 0.25) is 6.42 Å². The first-order valence-electron chi connectivity index (χ1n) is 21.2. The summed E-state index contributed by atoms with van der Waals surface area (Å²) in [4.78, 5) is 19.5. The second-order valence-electron chi connectivity index (χ2n) is 15.0. The Labute approximate surface area is 413 Å². The van der Waals surface area contributed by atoms with Crippen LogP contribution in [-0.4, -0.2) is 204 Å². The van der Waals surface area contributed by atoms with Crippen LogP contribution in [0.2, 0.25) is 0 Å². The van der Waals surface area contributed by atoms with Gasteiger partial charge in [0.15, 0.2) is 18.1 Å². The van der Waals surface area contributed by atoms with Crippen molar-refractivity contribution in [1.82, 2.24) is 59.2 Å². The predicted molar refractivity (Wildman–Crippen MR) is 249 cm³/mol. The molecule has 4 fully saturated rings. The summed E-state index contributed by atoms with van der Waals surface area (Å²) in [6, 6.07) is 18.6. The molecule has 23 nitrogen and oxygen atoms in total. The minimum Gasteiger partial charge on any atom is -0.291 e. The Bertz CT molecular complexity index is 1990. The minimum atomic E-state index is -1.36. The molecule has 2 atom stereocenters. The van der Waals surface area contributed by atoms with Gasteiger partial charge < -0.3 is 0 Å². The molecule has 0 amide bonds. The first-order chi connectivity index (χ1) is 33.9. The molecule has 4 heterocycles. The lowest BCUT2D eigenvalue weighted by atomic mass is 10.2. The quantitative estimate of drug-likeness (QED) is 0.127. The van der Waals surface area contributed by atoms with Gasteiger partial charge in [0.25, 0.3) is 0 Å². The van der Waals surface area contributed by atoms with Crippen molar-refractivity contribution in [1.29, 1.82) is 57.9 Å². The number of nitrogens with zero attached hydrogens (tertiary/aromatic N) is 22. The van der Waals surface area contributed by atoms with E-state index in [0.29, 0.717) is 39.3 Å². The van der Waals surface area contributed by atoms with E-state index in [4.69, 9.17) is 77.2 Å². The first kappa shape index (κ1) is 62.1. The Morgan fingerprint density at radius 3 is 1.14 bits per heavy atom. The molecule has 2 unspecified atom stereocenters. The molecule has 70 heavy (non-hydrogen) atoms. The smallest absolute Gasteiger partial charge is 0.213 e. The van der Waals surface area contributed by atoms with Gasteiger partial charge in [0.05, 0.1) is 173 Å². The molecule has 4 saturated heterocycles. The molecule has 4 aliphatic rings. The van der Waals surface area contributed by atoms with E-state index in [1.165, 1.54) is 24.5 Å². The van der Waals surface area contributed by atoms with Gasteiger partial charge in [-0.15, -0.1) is 37.5 Å². The van der Waals surface area contributed by atoms with E-state index in [9.17, 15) is 4.39 Å². The van der Waals surface area contributed by atoms with Gasteiger partial charge in [-0.05, 0) is 6.92 Å². The average Bonchev–Trinajstić information content (AvgIpc) is 3.36. The van der Waals surface area contributed by atoms with Crippen molar-refractivity contribution in [2.24, 2.45) is 0 Å². The summed E-state index contributed by atoms with van der Waals surface area (Å²) < 4.78 is 13.8. The zero-order chi connectivity index (χ0) is 52.5. The van der Waals surface area contributed by atoms with E-state index in [1.807, 2.05) is 52.3 Å². The van der Waals surface area contributed by atoms with Crippen LogP contribution in [0.15, 0.2) is 0 Å². The highest BCUT2D eigenvalue weighted by atomic mass is 19.1. The molecular weight excluding hydrogens is 894 g/mol. The van der Waals surface area contributed by atoms with Crippen LogP contribution in [0.5, 0.6) is 0 Å². The van der Waals surface area contributed by atoms with E-state index in [2.05, 4.69) is 74.4 Å². The van der Waals surface area contributed by atoms with Crippen molar-refractivity contribution in [3.05, 3.63) is 0 Å². The molecule has 0 aliphatic carbocycles. The summed E-state index contributed by atoms with van der Waals surface area (Å²) in [6.07, 6.45) is 20.7. The second-order valence-corrected chi connectivity index (χ2v) is 15.0. The molecule has 0 aromatic carbocycles. The SMILES string of the molecule is C#CC.C#CC(C#N)N1CN(C(C#N)C#N)CN(C(C#N)C#N)C1.C#CCCN1CN(CCC#N)CN(CCC#N)C1.C#CCN1CN(CC#N)CN(CC#N)C1F.N#CCN1CNCN(CC#N)C1. The lowest BCUT2D eigenvalue weighted by molar-refractivity contribution is -0.129. The van der Waals surface area contributed by atoms with Crippen molar-refractivity contribution in [3.8, 4) is 116 Å². The Balaban J connectivity index is 0.000000902. The summed E-state index contributed by atoms with van der Waals surface area (Å²) in [7, 11) is 0. The molecule has 4 aliphatic heterocycles. The van der Waals surface area contributed by atoms with Crippen molar-refractivity contribution >= 4 is 0 Å². The fourth-order valence-corrected chi connectivity index (χ4v) is 6.72. The summed E-state index contributed by atoms with van der Waals surface area (Å²) >= 11 is 0. The maximum absolute atomic E-state index is 13.8. The Morgan fingerprint density at radius 1 is 0.443 bits per heavy atom. The molecule has 4 rings (SSSR count). The molecule has 0 aromatic heterocycles. The molecule has 24 heteroatoms. The van der Waals surface area contributed by atoms with Gasteiger partial charge >= 0.3 is 0 Å². The minimum absolute atomic E-state index is 0.0236. The molecular formula is C46H56FN23. The highest BCUT2D eigenvalue weighted by Crippen LogP contribution is 2.17. The van der Waals surface area contributed by atoms with E-state index >= 15 is 0 Å². The van der Waals surface area contributed by atoms with Crippen molar-refractivity contribution in [2.75, 3.05) is 126 Å². The third-order valence-electron chi connectivity index (χ3n) is 9.69. The molecule has 0 saturated carbocycles.